The van der Waals surface area contributed by atoms with Gasteiger partial charge in [0.1, 0.15) is 5.82 Å². The number of anilines is 1. The van der Waals surface area contributed by atoms with E-state index in [9.17, 15) is 22.8 Å². The van der Waals surface area contributed by atoms with E-state index in [-0.39, 0.29) is 23.5 Å². The maximum Gasteiger partial charge on any atom is 0.416 e. The Balaban J connectivity index is 2.07. The number of hydrogen-bond acceptors (Lipinski definition) is 6. The fraction of sp³-hybridized carbons (Fsp3) is 0.450. The molecule has 1 fully saturated rings. The Hall–Kier alpha value is -3.08. The maximum atomic E-state index is 13.3. The van der Waals surface area contributed by atoms with Gasteiger partial charge in [-0.25, -0.2) is 9.78 Å². The van der Waals surface area contributed by atoms with E-state index in [2.05, 4.69) is 9.88 Å². The highest BCUT2D eigenvalue weighted by atomic mass is 19.4. The molecule has 0 bridgehead atoms. The Bertz CT molecular complexity index is 1220. The number of halogens is 3. The van der Waals surface area contributed by atoms with Crippen LogP contribution in [0.2, 0.25) is 0 Å². The molecule has 0 amide bonds. The number of nitrogens with zero attached hydrogens (tertiary/aromatic N) is 5. The summed E-state index contributed by atoms with van der Waals surface area (Å²) >= 11 is 0. The van der Waals surface area contributed by atoms with Crippen LogP contribution in [0.15, 0.2) is 23.0 Å². The minimum Gasteiger partial charge on any atom is -0.461 e. The number of aromatic nitrogens is 3. The summed E-state index contributed by atoms with van der Waals surface area (Å²) < 4.78 is 47.6. The first-order valence-corrected chi connectivity index (χ1v) is 9.86. The van der Waals surface area contributed by atoms with Crippen molar-refractivity contribution in [3.63, 3.8) is 0 Å². The quantitative estimate of drug-likeness (QED) is 0.585. The fourth-order valence-corrected chi connectivity index (χ4v) is 3.85. The third kappa shape index (κ3) is 3.52. The molecule has 1 aromatic carbocycles. The van der Waals surface area contributed by atoms with E-state index >= 15 is 0 Å². The van der Waals surface area contributed by atoms with Crippen LogP contribution in [-0.2, 0) is 18.0 Å². The number of hydrogen-bond donors (Lipinski definition) is 0. The lowest BCUT2D eigenvalue weighted by atomic mass is 10.2. The van der Waals surface area contributed by atoms with Crippen molar-refractivity contribution in [2.75, 3.05) is 44.7 Å². The van der Waals surface area contributed by atoms with Gasteiger partial charge in [0, 0.05) is 33.2 Å². The van der Waals surface area contributed by atoms with E-state index in [4.69, 9.17) is 4.74 Å². The van der Waals surface area contributed by atoms with Crippen LogP contribution in [0.4, 0.5) is 19.0 Å². The summed E-state index contributed by atoms with van der Waals surface area (Å²) in [5.41, 5.74) is -1.07. The van der Waals surface area contributed by atoms with Crippen molar-refractivity contribution < 1.29 is 22.7 Å². The SMILES string of the molecule is CCOC(=O)c1nc2c(=O)n(C)c3cc(C(F)(F)F)ccc3n2c1N1CCN(C)CC1. The van der Waals surface area contributed by atoms with Crippen molar-refractivity contribution >= 4 is 28.5 Å². The zero-order chi connectivity index (χ0) is 22.5. The number of likely N-dealkylation sites (N-methyl/N-ethyl adjacent to an activating group) is 1. The summed E-state index contributed by atoms with van der Waals surface area (Å²) in [6.45, 7) is 4.36. The summed E-state index contributed by atoms with van der Waals surface area (Å²) in [5, 5.41) is 0. The molecule has 0 saturated carbocycles. The molecule has 0 unspecified atom stereocenters. The molecule has 4 rings (SSSR count). The summed E-state index contributed by atoms with van der Waals surface area (Å²) in [5.74, 6) is -0.314. The molecule has 0 aliphatic carbocycles. The molecule has 0 spiro atoms. The lowest BCUT2D eigenvalue weighted by Crippen LogP contribution is -2.45. The van der Waals surface area contributed by atoms with Gasteiger partial charge in [-0.3, -0.25) is 9.20 Å². The molecule has 0 N–H and O–H groups in total. The number of ether oxygens (including phenoxy) is 1. The third-order valence-corrected chi connectivity index (χ3v) is 5.53. The molecule has 166 valence electrons. The molecule has 0 radical (unpaired) electrons. The molecule has 2 aromatic heterocycles. The summed E-state index contributed by atoms with van der Waals surface area (Å²) in [7, 11) is 3.36. The lowest BCUT2D eigenvalue weighted by molar-refractivity contribution is -0.137. The zero-order valence-electron chi connectivity index (χ0n) is 17.4. The van der Waals surface area contributed by atoms with E-state index in [0.717, 1.165) is 29.8 Å². The predicted octanol–water partition coefficient (Wildman–Crippen LogP) is 2.13. The average molecular weight is 437 g/mol. The van der Waals surface area contributed by atoms with Gasteiger partial charge in [0.25, 0.3) is 5.56 Å². The Morgan fingerprint density at radius 1 is 1.13 bits per heavy atom. The second kappa shape index (κ2) is 7.56. The van der Waals surface area contributed by atoms with E-state index in [1.54, 1.807) is 6.92 Å². The minimum absolute atomic E-state index is 0.0177. The second-order valence-electron chi connectivity index (χ2n) is 7.52. The van der Waals surface area contributed by atoms with Crippen molar-refractivity contribution in [3.8, 4) is 0 Å². The smallest absolute Gasteiger partial charge is 0.416 e. The highest BCUT2D eigenvalue weighted by Gasteiger charge is 2.33. The molecule has 3 aromatic rings. The van der Waals surface area contributed by atoms with Crippen LogP contribution in [0, 0.1) is 0 Å². The predicted molar refractivity (Wildman–Crippen MR) is 109 cm³/mol. The van der Waals surface area contributed by atoms with Gasteiger partial charge in [0.2, 0.25) is 5.65 Å². The van der Waals surface area contributed by atoms with Gasteiger partial charge in [-0.1, -0.05) is 0 Å². The van der Waals surface area contributed by atoms with E-state index < -0.39 is 23.3 Å². The van der Waals surface area contributed by atoms with E-state index in [0.29, 0.717) is 24.4 Å². The van der Waals surface area contributed by atoms with Crippen molar-refractivity contribution in [2.24, 2.45) is 7.05 Å². The van der Waals surface area contributed by atoms with Crippen LogP contribution >= 0.6 is 0 Å². The molecule has 8 nitrogen and oxygen atoms in total. The first-order valence-electron chi connectivity index (χ1n) is 9.86. The maximum absolute atomic E-state index is 13.3. The number of carbonyl (C=O) groups excluding carboxylic acids is 1. The number of rotatable bonds is 3. The van der Waals surface area contributed by atoms with Crippen molar-refractivity contribution in [3.05, 3.63) is 39.8 Å². The molecular formula is C20H22F3N5O3. The Kier molecular flexibility index (Phi) is 5.16. The van der Waals surface area contributed by atoms with Crippen LogP contribution in [0.1, 0.15) is 23.0 Å². The standard InChI is InChI=1S/C20H22F3N5O3/c1-4-31-19(30)15-17(27-9-7-25(2)8-10-27)28-13-6-5-12(20(21,22)23)11-14(13)26(3)18(29)16(28)24-15/h5-6,11H,4,7-10H2,1-3H3. The van der Waals surface area contributed by atoms with Crippen LogP contribution in [0.3, 0.4) is 0 Å². The molecule has 3 heterocycles. The largest absolute Gasteiger partial charge is 0.461 e. The van der Waals surface area contributed by atoms with Crippen LogP contribution < -0.4 is 10.5 Å². The minimum atomic E-state index is -4.55. The molecule has 1 aliphatic rings. The second-order valence-corrected chi connectivity index (χ2v) is 7.52. The van der Waals surface area contributed by atoms with Crippen LogP contribution in [0.25, 0.3) is 16.7 Å². The van der Waals surface area contributed by atoms with Gasteiger partial charge < -0.3 is 19.1 Å². The number of imidazole rings is 1. The van der Waals surface area contributed by atoms with Crippen LogP contribution in [0.5, 0.6) is 0 Å². The Morgan fingerprint density at radius 3 is 2.42 bits per heavy atom. The third-order valence-electron chi connectivity index (χ3n) is 5.53. The van der Waals surface area contributed by atoms with Gasteiger partial charge >= 0.3 is 12.1 Å². The first-order chi connectivity index (χ1) is 14.6. The number of carbonyl (C=O) groups is 1. The van der Waals surface area contributed by atoms with E-state index in [1.807, 2.05) is 11.9 Å². The summed E-state index contributed by atoms with van der Waals surface area (Å²) in [6.07, 6.45) is -4.55. The van der Waals surface area contributed by atoms with Gasteiger partial charge in [-0.15, -0.1) is 0 Å². The number of aryl methyl sites for hydroxylation is 1. The topological polar surface area (TPSA) is 72.1 Å². The Labute approximate surface area is 175 Å². The monoisotopic (exact) mass is 437 g/mol. The molecule has 0 atom stereocenters. The average Bonchev–Trinajstić information content (AvgIpc) is 3.12. The number of esters is 1. The number of piperazine rings is 1. The van der Waals surface area contributed by atoms with Crippen molar-refractivity contribution in [1.82, 2.24) is 18.9 Å². The molecular weight excluding hydrogens is 415 g/mol. The Morgan fingerprint density at radius 2 is 1.81 bits per heavy atom. The van der Waals surface area contributed by atoms with Gasteiger partial charge in [-0.2, -0.15) is 13.2 Å². The van der Waals surface area contributed by atoms with E-state index in [1.165, 1.54) is 17.5 Å². The normalized spacial score (nSPS) is 15.7. The summed E-state index contributed by atoms with van der Waals surface area (Å²) in [4.78, 5) is 34.0. The molecule has 31 heavy (non-hydrogen) atoms. The number of benzene rings is 1. The highest BCUT2D eigenvalue weighted by Crippen LogP contribution is 2.33. The number of fused-ring (bicyclic) bond motifs is 3. The lowest BCUT2D eigenvalue weighted by Gasteiger charge is -2.34. The highest BCUT2D eigenvalue weighted by molar-refractivity contribution is 5.96. The number of alkyl halides is 3. The first kappa shape index (κ1) is 21.2. The summed E-state index contributed by atoms with van der Waals surface area (Å²) in [6, 6.07) is 3.21. The van der Waals surface area contributed by atoms with Gasteiger partial charge in [0.05, 0.1) is 23.2 Å². The van der Waals surface area contributed by atoms with Gasteiger partial charge in [0.15, 0.2) is 5.69 Å². The van der Waals surface area contributed by atoms with Crippen LogP contribution in [-0.4, -0.2) is 64.7 Å². The van der Waals surface area contributed by atoms with Crippen molar-refractivity contribution in [1.29, 1.82) is 0 Å². The fourth-order valence-electron chi connectivity index (χ4n) is 3.85. The van der Waals surface area contributed by atoms with Crippen molar-refractivity contribution in [2.45, 2.75) is 13.1 Å². The molecule has 1 saturated heterocycles. The van der Waals surface area contributed by atoms with Gasteiger partial charge in [-0.05, 0) is 32.2 Å². The molecule has 11 heteroatoms. The zero-order valence-corrected chi connectivity index (χ0v) is 17.4. The molecule has 1 aliphatic heterocycles.